The molecule has 2 rings (SSSR count). The summed E-state index contributed by atoms with van der Waals surface area (Å²) in [6.07, 6.45) is 1.82. The molecular formula is C14H15N3. The minimum absolute atomic E-state index is 0.00505. The Bertz CT molecular complexity index is 568. The first-order chi connectivity index (χ1) is 8.00. The lowest BCUT2D eigenvalue weighted by molar-refractivity contribution is 0.553. The maximum Gasteiger partial charge on any atom is 0.111 e. The van der Waals surface area contributed by atoms with E-state index >= 15 is 0 Å². The van der Waals surface area contributed by atoms with Crippen LogP contribution in [-0.2, 0) is 5.41 Å². The maximum absolute atomic E-state index is 8.87. The second kappa shape index (κ2) is 4.06. The molecule has 0 atom stereocenters. The van der Waals surface area contributed by atoms with E-state index in [1.165, 1.54) is 0 Å². The van der Waals surface area contributed by atoms with Gasteiger partial charge >= 0.3 is 0 Å². The summed E-state index contributed by atoms with van der Waals surface area (Å²) in [5.41, 5.74) is 2.61. The third-order valence-electron chi connectivity index (χ3n) is 2.59. The van der Waals surface area contributed by atoms with Gasteiger partial charge < -0.3 is 4.98 Å². The fraction of sp³-hybridized carbons (Fsp3) is 0.286. The number of nitrogens with one attached hydrogen (secondary N) is 1. The number of aromatic amines is 1. The number of rotatable bonds is 1. The number of hydrogen-bond donors (Lipinski definition) is 1. The molecule has 0 aliphatic heterocycles. The molecule has 0 unspecified atom stereocenters. The van der Waals surface area contributed by atoms with Crippen molar-refractivity contribution in [1.29, 1.82) is 5.26 Å². The molecule has 0 bridgehead atoms. The lowest BCUT2D eigenvalue weighted by Gasteiger charge is -2.14. The number of nitrogens with zero attached hydrogens (tertiary/aromatic N) is 2. The molecule has 0 amide bonds. The van der Waals surface area contributed by atoms with E-state index in [-0.39, 0.29) is 5.41 Å². The van der Waals surface area contributed by atoms with E-state index in [0.29, 0.717) is 5.56 Å². The van der Waals surface area contributed by atoms with Gasteiger partial charge in [-0.1, -0.05) is 32.9 Å². The van der Waals surface area contributed by atoms with Crippen molar-refractivity contribution < 1.29 is 0 Å². The quantitative estimate of drug-likeness (QED) is 0.810. The standard InChI is InChI=1S/C14H15N3/c1-14(2,3)13-16-9-12(17-13)11-6-4-5-10(7-11)8-15/h4-7,9H,1-3H3,(H,16,17). The summed E-state index contributed by atoms with van der Waals surface area (Å²) in [5.74, 6) is 0.954. The molecule has 0 fully saturated rings. The minimum atomic E-state index is 0.00505. The molecule has 0 aliphatic rings. The molecule has 0 radical (unpaired) electrons. The van der Waals surface area contributed by atoms with E-state index in [9.17, 15) is 0 Å². The number of hydrogen-bond acceptors (Lipinski definition) is 2. The Hall–Kier alpha value is -2.08. The lowest BCUT2D eigenvalue weighted by atomic mass is 9.96. The SMILES string of the molecule is CC(C)(C)c1ncc(-c2cccc(C#N)c2)[nH]1. The van der Waals surface area contributed by atoms with E-state index in [2.05, 4.69) is 36.8 Å². The molecule has 3 nitrogen and oxygen atoms in total. The summed E-state index contributed by atoms with van der Waals surface area (Å²) in [5, 5.41) is 8.87. The molecule has 2 aromatic rings. The first-order valence-electron chi connectivity index (χ1n) is 5.57. The van der Waals surface area contributed by atoms with E-state index in [0.717, 1.165) is 17.1 Å². The number of benzene rings is 1. The molecule has 0 spiro atoms. The second-order valence-electron chi connectivity index (χ2n) is 5.09. The zero-order chi connectivity index (χ0) is 12.5. The van der Waals surface area contributed by atoms with Gasteiger partial charge in [-0.2, -0.15) is 5.26 Å². The Balaban J connectivity index is 2.41. The number of nitriles is 1. The Morgan fingerprint density at radius 3 is 2.65 bits per heavy atom. The van der Waals surface area contributed by atoms with Gasteiger partial charge in [-0.15, -0.1) is 0 Å². The predicted molar refractivity (Wildman–Crippen MR) is 67.4 cm³/mol. The third-order valence-corrected chi connectivity index (χ3v) is 2.59. The van der Waals surface area contributed by atoms with Gasteiger partial charge in [0.15, 0.2) is 0 Å². The molecule has 1 N–H and O–H groups in total. The van der Waals surface area contributed by atoms with E-state index in [4.69, 9.17) is 5.26 Å². The van der Waals surface area contributed by atoms with Gasteiger partial charge in [0.2, 0.25) is 0 Å². The molecule has 1 aromatic heterocycles. The lowest BCUT2D eigenvalue weighted by Crippen LogP contribution is -2.13. The van der Waals surface area contributed by atoms with Crippen molar-refractivity contribution in [2.24, 2.45) is 0 Å². The van der Waals surface area contributed by atoms with Gasteiger partial charge in [0, 0.05) is 11.0 Å². The first kappa shape index (κ1) is 11.4. The van der Waals surface area contributed by atoms with Gasteiger partial charge in [0.1, 0.15) is 5.82 Å². The van der Waals surface area contributed by atoms with Crippen LogP contribution in [0.1, 0.15) is 32.2 Å². The third kappa shape index (κ3) is 2.36. The van der Waals surface area contributed by atoms with Crippen molar-refractivity contribution in [3.05, 3.63) is 41.9 Å². The van der Waals surface area contributed by atoms with Gasteiger partial charge in [-0.05, 0) is 12.1 Å². The zero-order valence-electron chi connectivity index (χ0n) is 10.3. The fourth-order valence-corrected chi connectivity index (χ4v) is 1.61. The normalized spacial score (nSPS) is 11.2. The molecule has 1 heterocycles. The maximum atomic E-state index is 8.87. The van der Waals surface area contributed by atoms with Gasteiger partial charge in [0.05, 0.1) is 23.5 Å². The highest BCUT2D eigenvalue weighted by Crippen LogP contribution is 2.23. The summed E-state index contributed by atoms with van der Waals surface area (Å²) >= 11 is 0. The zero-order valence-corrected chi connectivity index (χ0v) is 10.3. The first-order valence-corrected chi connectivity index (χ1v) is 5.57. The summed E-state index contributed by atoms with van der Waals surface area (Å²) < 4.78 is 0. The fourth-order valence-electron chi connectivity index (χ4n) is 1.61. The number of aromatic nitrogens is 2. The van der Waals surface area contributed by atoms with Crippen LogP contribution in [0.25, 0.3) is 11.3 Å². The highest BCUT2D eigenvalue weighted by atomic mass is 14.9. The minimum Gasteiger partial charge on any atom is -0.342 e. The Morgan fingerprint density at radius 2 is 2.06 bits per heavy atom. The number of imidazole rings is 1. The van der Waals surface area contributed by atoms with Crippen molar-refractivity contribution in [2.75, 3.05) is 0 Å². The monoisotopic (exact) mass is 225 g/mol. The van der Waals surface area contributed by atoms with Crippen LogP contribution in [-0.4, -0.2) is 9.97 Å². The summed E-state index contributed by atoms with van der Waals surface area (Å²) in [6.45, 7) is 6.34. The van der Waals surface area contributed by atoms with Crippen LogP contribution in [0.2, 0.25) is 0 Å². The summed E-state index contributed by atoms with van der Waals surface area (Å²) in [6, 6.07) is 9.65. The Labute approximate surface area is 101 Å². The van der Waals surface area contributed by atoms with Crippen LogP contribution in [0.4, 0.5) is 0 Å². The number of H-pyrrole nitrogens is 1. The smallest absolute Gasteiger partial charge is 0.111 e. The van der Waals surface area contributed by atoms with Crippen molar-refractivity contribution >= 4 is 0 Å². The Morgan fingerprint density at radius 1 is 1.29 bits per heavy atom. The van der Waals surface area contributed by atoms with Crippen LogP contribution in [0.5, 0.6) is 0 Å². The molecule has 0 aliphatic carbocycles. The van der Waals surface area contributed by atoms with Crippen molar-refractivity contribution in [3.8, 4) is 17.3 Å². The average Bonchev–Trinajstić information content (AvgIpc) is 2.78. The van der Waals surface area contributed by atoms with Crippen LogP contribution in [0, 0.1) is 11.3 Å². The van der Waals surface area contributed by atoms with Crippen molar-refractivity contribution in [1.82, 2.24) is 9.97 Å². The molecule has 17 heavy (non-hydrogen) atoms. The predicted octanol–water partition coefficient (Wildman–Crippen LogP) is 3.25. The summed E-state index contributed by atoms with van der Waals surface area (Å²) in [7, 11) is 0. The molecule has 3 heteroatoms. The molecule has 0 saturated heterocycles. The van der Waals surface area contributed by atoms with Crippen LogP contribution in [0.3, 0.4) is 0 Å². The molecule has 1 aromatic carbocycles. The van der Waals surface area contributed by atoms with E-state index in [1.54, 1.807) is 6.07 Å². The summed E-state index contributed by atoms with van der Waals surface area (Å²) in [4.78, 5) is 7.68. The Kier molecular flexibility index (Phi) is 2.72. The van der Waals surface area contributed by atoms with Gasteiger partial charge in [0.25, 0.3) is 0 Å². The molecular weight excluding hydrogens is 210 g/mol. The average molecular weight is 225 g/mol. The topological polar surface area (TPSA) is 52.5 Å². The largest absolute Gasteiger partial charge is 0.342 e. The highest BCUT2D eigenvalue weighted by Gasteiger charge is 2.17. The highest BCUT2D eigenvalue weighted by molar-refractivity contribution is 5.60. The van der Waals surface area contributed by atoms with Crippen molar-refractivity contribution in [2.45, 2.75) is 26.2 Å². The van der Waals surface area contributed by atoms with Crippen LogP contribution in [0.15, 0.2) is 30.5 Å². The van der Waals surface area contributed by atoms with Crippen LogP contribution >= 0.6 is 0 Å². The van der Waals surface area contributed by atoms with E-state index < -0.39 is 0 Å². The molecule has 86 valence electrons. The second-order valence-corrected chi connectivity index (χ2v) is 5.09. The van der Waals surface area contributed by atoms with Gasteiger partial charge in [-0.3, -0.25) is 0 Å². The van der Waals surface area contributed by atoms with Crippen molar-refractivity contribution in [3.63, 3.8) is 0 Å². The van der Waals surface area contributed by atoms with E-state index in [1.807, 2.05) is 24.4 Å². The van der Waals surface area contributed by atoms with Crippen LogP contribution < -0.4 is 0 Å². The molecule has 0 saturated carbocycles. The van der Waals surface area contributed by atoms with Gasteiger partial charge in [-0.25, -0.2) is 4.98 Å².